The van der Waals surface area contributed by atoms with E-state index in [0.29, 0.717) is 16.7 Å². The van der Waals surface area contributed by atoms with Crippen molar-refractivity contribution in [2.45, 2.75) is 13.8 Å². The number of esters is 1. The summed E-state index contributed by atoms with van der Waals surface area (Å²) in [7, 11) is 1.30. The Morgan fingerprint density at radius 1 is 1.14 bits per heavy atom. The van der Waals surface area contributed by atoms with E-state index in [1.165, 1.54) is 7.11 Å². The van der Waals surface area contributed by atoms with E-state index in [0.717, 1.165) is 11.1 Å². The van der Waals surface area contributed by atoms with Crippen molar-refractivity contribution in [2.75, 3.05) is 7.11 Å². The largest absolute Gasteiger partial charge is 0.465 e. The second kappa shape index (κ2) is 5.75. The van der Waals surface area contributed by atoms with Crippen LogP contribution in [0.3, 0.4) is 0 Å². The number of hydrogen-bond acceptors (Lipinski definition) is 4. The first kappa shape index (κ1) is 14.7. The summed E-state index contributed by atoms with van der Waals surface area (Å²) in [6, 6.07) is 9.95. The molecular formula is C16H15NO4. The van der Waals surface area contributed by atoms with E-state index in [2.05, 4.69) is 4.74 Å². The van der Waals surface area contributed by atoms with Crippen molar-refractivity contribution >= 4 is 11.7 Å². The average molecular weight is 285 g/mol. The number of carbonyl (C=O) groups excluding carboxylic acids is 1. The van der Waals surface area contributed by atoms with Gasteiger partial charge in [-0.3, -0.25) is 10.1 Å². The summed E-state index contributed by atoms with van der Waals surface area (Å²) in [6.07, 6.45) is 0. The van der Waals surface area contributed by atoms with Gasteiger partial charge in [0.15, 0.2) is 0 Å². The molecule has 5 heteroatoms. The lowest BCUT2D eigenvalue weighted by Gasteiger charge is -2.08. The Morgan fingerprint density at radius 3 is 2.43 bits per heavy atom. The standard InChI is InChI=1S/C16H15NO4/c1-10-7-14(15(17(19)20)8-11(10)2)12-5-4-6-13(9-12)16(18)21-3/h4-9H,1-3H3. The Labute approximate surface area is 122 Å². The molecule has 2 rings (SSSR count). The van der Waals surface area contributed by atoms with Gasteiger partial charge in [-0.1, -0.05) is 12.1 Å². The van der Waals surface area contributed by atoms with Crippen LogP contribution < -0.4 is 0 Å². The zero-order valence-corrected chi connectivity index (χ0v) is 12.0. The van der Waals surface area contributed by atoms with Crippen molar-refractivity contribution in [3.8, 4) is 11.1 Å². The molecule has 0 N–H and O–H groups in total. The van der Waals surface area contributed by atoms with Gasteiger partial charge in [-0.05, 0) is 48.7 Å². The van der Waals surface area contributed by atoms with Crippen molar-refractivity contribution in [3.05, 3.63) is 63.2 Å². The number of benzene rings is 2. The second-order valence-electron chi connectivity index (χ2n) is 4.78. The van der Waals surface area contributed by atoms with Crippen molar-refractivity contribution in [3.63, 3.8) is 0 Å². The molecule has 0 heterocycles. The Morgan fingerprint density at radius 2 is 1.81 bits per heavy atom. The molecule has 2 aromatic rings. The Bertz CT molecular complexity index is 722. The highest BCUT2D eigenvalue weighted by atomic mass is 16.6. The number of aryl methyl sites for hydroxylation is 2. The SMILES string of the molecule is COC(=O)c1cccc(-c2cc(C)c(C)cc2[N+](=O)[O-])c1. The lowest BCUT2D eigenvalue weighted by molar-refractivity contribution is -0.384. The topological polar surface area (TPSA) is 69.4 Å². The Kier molecular flexibility index (Phi) is 4.03. The normalized spacial score (nSPS) is 10.2. The van der Waals surface area contributed by atoms with E-state index in [-0.39, 0.29) is 5.69 Å². The third-order valence-electron chi connectivity index (χ3n) is 3.40. The third kappa shape index (κ3) is 2.91. The number of methoxy groups -OCH3 is 1. The van der Waals surface area contributed by atoms with Crippen LogP contribution in [0.2, 0.25) is 0 Å². The number of nitro benzene ring substituents is 1. The quantitative estimate of drug-likeness (QED) is 0.490. The first-order valence-corrected chi connectivity index (χ1v) is 6.38. The van der Waals surface area contributed by atoms with Crippen LogP contribution in [0, 0.1) is 24.0 Å². The van der Waals surface area contributed by atoms with Gasteiger partial charge in [-0.15, -0.1) is 0 Å². The first-order valence-electron chi connectivity index (χ1n) is 6.38. The van der Waals surface area contributed by atoms with Crippen LogP contribution in [0.15, 0.2) is 36.4 Å². The highest BCUT2D eigenvalue weighted by Gasteiger charge is 2.18. The summed E-state index contributed by atoms with van der Waals surface area (Å²) in [5.41, 5.74) is 3.32. The molecule has 0 aliphatic carbocycles. The summed E-state index contributed by atoms with van der Waals surface area (Å²) in [5.74, 6) is -0.469. The van der Waals surface area contributed by atoms with E-state index in [4.69, 9.17) is 0 Å². The first-order chi connectivity index (χ1) is 9.93. The van der Waals surface area contributed by atoms with Gasteiger partial charge in [-0.25, -0.2) is 4.79 Å². The number of nitrogens with zero attached hydrogens (tertiary/aromatic N) is 1. The fourth-order valence-electron chi connectivity index (χ4n) is 2.11. The van der Waals surface area contributed by atoms with Gasteiger partial charge in [0.25, 0.3) is 5.69 Å². The van der Waals surface area contributed by atoms with E-state index in [1.807, 2.05) is 13.8 Å². The van der Waals surface area contributed by atoms with Crippen LogP contribution in [0.5, 0.6) is 0 Å². The van der Waals surface area contributed by atoms with E-state index in [1.54, 1.807) is 36.4 Å². The van der Waals surface area contributed by atoms with Crippen LogP contribution in [0.1, 0.15) is 21.5 Å². The summed E-state index contributed by atoms with van der Waals surface area (Å²) in [6.45, 7) is 3.73. The Hall–Kier alpha value is -2.69. The maximum absolute atomic E-state index is 11.6. The molecule has 0 atom stereocenters. The summed E-state index contributed by atoms with van der Waals surface area (Å²) >= 11 is 0. The van der Waals surface area contributed by atoms with E-state index < -0.39 is 10.9 Å². The van der Waals surface area contributed by atoms with E-state index in [9.17, 15) is 14.9 Å². The van der Waals surface area contributed by atoms with Crippen molar-refractivity contribution in [2.24, 2.45) is 0 Å². The maximum Gasteiger partial charge on any atom is 0.337 e. The van der Waals surface area contributed by atoms with Crippen LogP contribution in [-0.4, -0.2) is 18.0 Å². The van der Waals surface area contributed by atoms with Gasteiger partial charge >= 0.3 is 5.97 Å². The smallest absolute Gasteiger partial charge is 0.337 e. The molecule has 2 aromatic carbocycles. The molecule has 21 heavy (non-hydrogen) atoms. The molecule has 0 saturated carbocycles. The van der Waals surface area contributed by atoms with Gasteiger partial charge in [0.1, 0.15) is 0 Å². The van der Waals surface area contributed by atoms with Crippen molar-refractivity contribution in [1.29, 1.82) is 0 Å². The predicted molar refractivity (Wildman–Crippen MR) is 79.3 cm³/mol. The molecule has 0 spiro atoms. The van der Waals surface area contributed by atoms with Crippen LogP contribution >= 0.6 is 0 Å². The molecular weight excluding hydrogens is 270 g/mol. The fraction of sp³-hybridized carbons (Fsp3) is 0.188. The van der Waals surface area contributed by atoms with Crippen LogP contribution in [0.4, 0.5) is 5.69 Å². The summed E-state index contributed by atoms with van der Waals surface area (Å²) < 4.78 is 4.67. The molecule has 0 saturated heterocycles. The maximum atomic E-state index is 11.6. The molecule has 108 valence electrons. The molecule has 0 aliphatic rings. The lowest BCUT2D eigenvalue weighted by Crippen LogP contribution is -2.01. The number of rotatable bonds is 3. The van der Waals surface area contributed by atoms with Crippen molar-refractivity contribution < 1.29 is 14.5 Å². The predicted octanol–water partition coefficient (Wildman–Crippen LogP) is 3.67. The fourth-order valence-corrected chi connectivity index (χ4v) is 2.11. The number of nitro groups is 1. The molecule has 5 nitrogen and oxygen atoms in total. The average Bonchev–Trinajstić information content (AvgIpc) is 2.48. The van der Waals surface area contributed by atoms with Gasteiger partial charge in [0, 0.05) is 6.07 Å². The monoisotopic (exact) mass is 285 g/mol. The van der Waals surface area contributed by atoms with Gasteiger partial charge in [0.2, 0.25) is 0 Å². The number of ether oxygens (including phenoxy) is 1. The van der Waals surface area contributed by atoms with Gasteiger partial charge in [-0.2, -0.15) is 0 Å². The molecule has 0 radical (unpaired) electrons. The number of hydrogen-bond donors (Lipinski definition) is 0. The number of carbonyl (C=O) groups is 1. The minimum atomic E-state index is -0.469. The van der Waals surface area contributed by atoms with Crippen LogP contribution in [-0.2, 0) is 4.74 Å². The zero-order valence-electron chi connectivity index (χ0n) is 12.0. The Balaban J connectivity index is 2.63. The minimum absolute atomic E-state index is 0.0279. The van der Waals surface area contributed by atoms with Crippen molar-refractivity contribution in [1.82, 2.24) is 0 Å². The molecule has 0 amide bonds. The molecule has 0 aliphatic heterocycles. The third-order valence-corrected chi connectivity index (χ3v) is 3.40. The molecule has 0 unspecified atom stereocenters. The zero-order chi connectivity index (χ0) is 15.6. The van der Waals surface area contributed by atoms with E-state index >= 15 is 0 Å². The molecule has 0 aromatic heterocycles. The summed E-state index contributed by atoms with van der Waals surface area (Å²) in [5, 5.41) is 11.2. The highest BCUT2D eigenvalue weighted by Crippen LogP contribution is 2.32. The minimum Gasteiger partial charge on any atom is -0.465 e. The lowest BCUT2D eigenvalue weighted by atomic mass is 9.97. The van der Waals surface area contributed by atoms with Crippen LogP contribution in [0.25, 0.3) is 11.1 Å². The summed E-state index contributed by atoms with van der Waals surface area (Å²) in [4.78, 5) is 22.4. The van der Waals surface area contributed by atoms with Gasteiger partial charge in [0.05, 0.1) is 23.2 Å². The molecule has 0 bridgehead atoms. The molecule has 0 fully saturated rings. The highest BCUT2D eigenvalue weighted by molar-refractivity contribution is 5.91. The second-order valence-corrected chi connectivity index (χ2v) is 4.78. The van der Waals surface area contributed by atoms with Gasteiger partial charge < -0.3 is 4.74 Å².